The van der Waals surface area contributed by atoms with Gasteiger partial charge in [-0.05, 0) is 0 Å². The maximum absolute atomic E-state index is 8.36. The largest absolute Gasteiger partial charge is 0.483 e. The lowest BCUT2D eigenvalue weighted by molar-refractivity contribution is -0.122. The van der Waals surface area contributed by atoms with Crippen LogP contribution < -0.4 is 11.5 Å². The Hall–Kier alpha value is -0.650. The Balaban J connectivity index is 0. The first-order valence-electron chi connectivity index (χ1n) is 2.89. The van der Waals surface area contributed by atoms with Gasteiger partial charge in [0.15, 0.2) is 0 Å². The summed E-state index contributed by atoms with van der Waals surface area (Å²) in [5.74, 6) is 0. The van der Waals surface area contributed by atoms with E-state index < -0.39 is 0 Å². The minimum absolute atomic E-state index is 0.250. The highest BCUT2D eigenvalue weighted by atomic mass is 16.5. The summed E-state index contributed by atoms with van der Waals surface area (Å²) < 4.78 is 4.88. The van der Waals surface area contributed by atoms with Crippen LogP contribution in [-0.4, -0.2) is 37.9 Å². The maximum Gasteiger partial charge on any atom is 0.290 e. The molecule has 0 aromatic carbocycles. The van der Waals surface area contributed by atoms with Gasteiger partial charge in [-0.15, -0.1) is 0 Å². The van der Waals surface area contributed by atoms with E-state index in [1.54, 1.807) is 0 Å². The molecule has 5 N–H and O–H groups in total. The molecule has 0 aromatic rings. The molecule has 0 spiro atoms. The Morgan fingerprint density at radius 2 is 1.60 bits per heavy atom. The average molecular weight is 150 g/mol. The third kappa shape index (κ3) is 26.4. The number of hydrogen-bond acceptors (Lipinski definition) is 4. The quantitative estimate of drug-likeness (QED) is 0.339. The first kappa shape index (κ1) is 12.1. The van der Waals surface area contributed by atoms with Crippen LogP contribution in [0.4, 0.5) is 0 Å². The van der Waals surface area contributed by atoms with E-state index in [2.05, 4.69) is 0 Å². The van der Waals surface area contributed by atoms with E-state index in [9.17, 15) is 0 Å². The van der Waals surface area contributed by atoms with Crippen LogP contribution in [0.5, 0.6) is 0 Å². The van der Waals surface area contributed by atoms with Crippen molar-refractivity contribution in [3.05, 3.63) is 0 Å². The number of carboxylic acid groups (broad SMARTS) is 1. The van der Waals surface area contributed by atoms with Gasteiger partial charge in [-0.3, -0.25) is 4.79 Å². The predicted molar refractivity (Wildman–Crippen MR) is 37.6 cm³/mol. The lowest BCUT2D eigenvalue weighted by atomic mass is 10.7. The van der Waals surface area contributed by atoms with Crippen molar-refractivity contribution in [1.82, 2.24) is 0 Å². The molecule has 0 aliphatic heterocycles. The van der Waals surface area contributed by atoms with Crippen LogP contribution in [0.3, 0.4) is 0 Å². The molecule has 0 aromatic heterocycles. The van der Waals surface area contributed by atoms with Crippen LogP contribution in [0.25, 0.3) is 0 Å². The topological polar surface area (TPSA) is 98.6 Å². The van der Waals surface area contributed by atoms with E-state index in [1.165, 1.54) is 0 Å². The second-order valence-electron chi connectivity index (χ2n) is 1.30. The molecule has 0 rings (SSSR count). The molecule has 0 amide bonds. The van der Waals surface area contributed by atoms with Gasteiger partial charge in [-0.25, -0.2) is 0 Å². The van der Waals surface area contributed by atoms with Crippen molar-refractivity contribution in [2.45, 2.75) is 0 Å². The standard InChI is InChI=1S/C4H12N2O.CH2O2/c5-1-3-7-4-2-6;2-1-3/h1-6H2;1H,(H,2,3). The highest BCUT2D eigenvalue weighted by molar-refractivity contribution is 5.32. The van der Waals surface area contributed by atoms with Gasteiger partial charge in [0.05, 0.1) is 13.2 Å². The molecule has 0 heterocycles. The van der Waals surface area contributed by atoms with Crippen LogP contribution in [0.15, 0.2) is 0 Å². The molecule has 5 nitrogen and oxygen atoms in total. The fourth-order valence-electron chi connectivity index (χ4n) is 0.269. The number of hydrogen-bond donors (Lipinski definition) is 3. The molecule has 62 valence electrons. The molecule has 0 aliphatic carbocycles. The summed E-state index contributed by atoms with van der Waals surface area (Å²) >= 11 is 0. The zero-order chi connectivity index (χ0) is 8.24. The molecule has 5 heteroatoms. The van der Waals surface area contributed by atoms with Gasteiger partial charge in [0, 0.05) is 13.1 Å². The third-order valence-electron chi connectivity index (χ3n) is 0.524. The molecule has 0 bridgehead atoms. The molecule has 0 saturated heterocycles. The summed E-state index contributed by atoms with van der Waals surface area (Å²) in [4.78, 5) is 8.36. The second-order valence-corrected chi connectivity index (χ2v) is 1.30. The third-order valence-corrected chi connectivity index (χ3v) is 0.524. The van der Waals surface area contributed by atoms with Crippen LogP contribution >= 0.6 is 0 Å². The van der Waals surface area contributed by atoms with E-state index in [0.717, 1.165) is 0 Å². The molecule has 0 fully saturated rings. The Morgan fingerprint density at radius 3 is 1.80 bits per heavy atom. The maximum atomic E-state index is 8.36. The van der Waals surface area contributed by atoms with E-state index in [4.69, 9.17) is 26.1 Å². The van der Waals surface area contributed by atoms with Gasteiger partial charge < -0.3 is 21.3 Å². The molecule has 0 atom stereocenters. The minimum atomic E-state index is -0.250. The summed E-state index contributed by atoms with van der Waals surface area (Å²) in [7, 11) is 0. The molecule has 0 aliphatic rings. The minimum Gasteiger partial charge on any atom is -0.483 e. The summed E-state index contributed by atoms with van der Waals surface area (Å²) in [5.41, 5.74) is 10.2. The summed E-state index contributed by atoms with van der Waals surface area (Å²) in [6.45, 7) is 2.16. The normalized spacial score (nSPS) is 7.80. The first-order valence-corrected chi connectivity index (χ1v) is 2.89. The fourth-order valence-corrected chi connectivity index (χ4v) is 0.269. The molecular weight excluding hydrogens is 136 g/mol. The molecule has 0 radical (unpaired) electrons. The van der Waals surface area contributed by atoms with Crippen molar-refractivity contribution in [1.29, 1.82) is 0 Å². The van der Waals surface area contributed by atoms with Gasteiger partial charge >= 0.3 is 0 Å². The van der Waals surface area contributed by atoms with Crippen molar-refractivity contribution < 1.29 is 14.6 Å². The van der Waals surface area contributed by atoms with Crippen molar-refractivity contribution in [2.75, 3.05) is 26.3 Å². The summed E-state index contributed by atoms with van der Waals surface area (Å²) in [6.07, 6.45) is 0. The Morgan fingerprint density at radius 1 is 1.30 bits per heavy atom. The lowest BCUT2D eigenvalue weighted by Crippen LogP contribution is -2.13. The Bertz CT molecular complexity index is 56.9. The van der Waals surface area contributed by atoms with Crippen molar-refractivity contribution in [3.8, 4) is 0 Å². The first-order chi connectivity index (χ1) is 4.83. The average Bonchev–Trinajstić information content (AvgIpc) is 1.91. The number of carbonyl (C=O) groups is 1. The highest BCUT2D eigenvalue weighted by Gasteiger charge is 1.77. The van der Waals surface area contributed by atoms with Crippen molar-refractivity contribution in [2.24, 2.45) is 11.5 Å². The van der Waals surface area contributed by atoms with Gasteiger partial charge in [0.2, 0.25) is 0 Å². The van der Waals surface area contributed by atoms with E-state index in [0.29, 0.717) is 26.3 Å². The lowest BCUT2D eigenvalue weighted by Gasteiger charge is -1.95. The number of rotatable bonds is 4. The smallest absolute Gasteiger partial charge is 0.290 e. The van der Waals surface area contributed by atoms with Crippen molar-refractivity contribution >= 4 is 6.47 Å². The molecular formula is C5H14N2O3. The zero-order valence-corrected chi connectivity index (χ0v) is 5.82. The van der Waals surface area contributed by atoms with Gasteiger partial charge in [-0.1, -0.05) is 0 Å². The van der Waals surface area contributed by atoms with Gasteiger partial charge in [-0.2, -0.15) is 0 Å². The van der Waals surface area contributed by atoms with Crippen LogP contribution in [0, 0.1) is 0 Å². The van der Waals surface area contributed by atoms with Gasteiger partial charge in [0.25, 0.3) is 6.47 Å². The van der Waals surface area contributed by atoms with E-state index >= 15 is 0 Å². The SMILES string of the molecule is NCCOCCN.O=CO. The van der Waals surface area contributed by atoms with Crippen LogP contribution in [0.2, 0.25) is 0 Å². The highest BCUT2D eigenvalue weighted by Crippen LogP contribution is 1.65. The van der Waals surface area contributed by atoms with E-state index in [-0.39, 0.29) is 6.47 Å². The Labute approximate surface area is 60.0 Å². The number of nitrogens with two attached hydrogens (primary N) is 2. The fraction of sp³-hybridized carbons (Fsp3) is 0.800. The van der Waals surface area contributed by atoms with E-state index in [1.807, 2.05) is 0 Å². The van der Waals surface area contributed by atoms with Crippen LogP contribution in [0.1, 0.15) is 0 Å². The zero-order valence-electron chi connectivity index (χ0n) is 5.82. The predicted octanol–water partition coefficient (Wildman–Crippen LogP) is -1.38. The van der Waals surface area contributed by atoms with Crippen LogP contribution in [-0.2, 0) is 9.53 Å². The monoisotopic (exact) mass is 150 g/mol. The molecule has 10 heavy (non-hydrogen) atoms. The number of ether oxygens (including phenoxy) is 1. The van der Waals surface area contributed by atoms with Crippen molar-refractivity contribution in [3.63, 3.8) is 0 Å². The van der Waals surface area contributed by atoms with Gasteiger partial charge in [0.1, 0.15) is 0 Å². The summed E-state index contributed by atoms with van der Waals surface area (Å²) in [6, 6.07) is 0. The molecule has 0 unspecified atom stereocenters. The summed E-state index contributed by atoms with van der Waals surface area (Å²) in [5, 5.41) is 6.89. The second kappa shape index (κ2) is 15.8. The molecule has 0 saturated carbocycles. The Kier molecular flexibility index (Phi) is 19.0.